The topological polar surface area (TPSA) is 3.24 Å². The van der Waals surface area contributed by atoms with Crippen molar-refractivity contribution in [3.05, 3.63) is 83.4 Å². The van der Waals surface area contributed by atoms with E-state index in [0.29, 0.717) is 28.4 Å². The fourth-order valence-electron chi connectivity index (χ4n) is 4.01. The Morgan fingerprint density at radius 1 is 0.676 bits per heavy atom. The van der Waals surface area contributed by atoms with Crippen LogP contribution in [0.4, 0.5) is 37.7 Å². The van der Waals surface area contributed by atoms with Crippen molar-refractivity contribution in [1.29, 1.82) is 0 Å². The first-order valence-corrected chi connectivity index (χ1v) is 11.0. The van der Waals surface area contributed by atoms with Gasteiger partial charge >= 0.3 is 12.4 Å². The second kappa shape index (κ2) is 9.72. The molecule has 7 heteroatoms. The van der Waals surface area contributed by atoms with Gasteiger partial charge in [-0.05, 0) is 77.4 Å². The molecular formula is C27H27F6N. The van der Waals surface area contributed by atoms with Crippen molar-refractivity contribution in [2.75, 3.05) is 11.9 Å². The molecular weight excluding hydrogens is 452 g/mol. The number of hydrogen-bond donors (Lipinski definition) is 0. The molecule has 0 aliphatic rings. The molecule has 3 aromatic carbocycles. The predicted octanol–water partition coefficient (Wildman–Crippen LogP) is 9.31. The van der Waals surface area contributed by atoms with Gasteiger partial charge < -0.3 is 4.90 Å². The number of nitrogens with zero attached hydrogens (tertiary/aromatic N) is 1. The van der Waals surface area contributed by atoms with Gasteiger partial charge in [0.2, 0.25) is 0 Å². The molecule has 34 heavy (non-hydrogen) atoms. The number of halogens is 6. The Labute approximate surface area is 196 Å². The number of hydrogen-bond acceptors (Lipinski definition) is 1. The molecule has 0 aliphatic carbocycles. The highest BCUT2D eigenvalue weighted by molar-refractivity contribution is 5.74. The fourth-order valence-corrected chi connectivity index (χ4v) is 4.01. The predicted molar refractivity (Wildman–Crippen MR) is 124 cm³/mol. The zero-order valence-corrected chi connectivity index (χ0v) is 19.4. The molecule has 1 unspecified atom stereocenters. The molecule has 0 spiro atoms. The summed E-state index contributed by atoms with van der Waals surface area (Å²) < 4.78 is 78.7. The van der Waals surface area contributed by atoms with Crippen molar-refractivity contribution in [1.82, 2.24) is 0 Å². The van der Waals surface area contributed by atoms with E-state index >= 15 is 0 Å². The van der Waals surface area contributed by atoms with E-state index in [4.69, 9.17) is 0 Å². The second-order valence-corrected chi connectivity index (χ2v) is 9.03. The van der Waals surface area contributed by atoms with E-state index < -0.39 is 23.5 Å². The normalized spacial score (nSPS) is 13.3. The van der Waals surface area contributed by atoms with Crippen LogP contribution in [0.15, 0.2) is 66.7 Å². The minimum atomic E-state index is -4.46. The third-order valence-electron chi connectivity index (χ3n) is 5.83. The number of alkyl halides is 6. The van der Waals surface area contributed by atoms with Crippen molar-refractivity contribution in [2.24, 2.45) is 5.92 Å². The molecule has 0 amide bonds. The molecule has 3 aromatic rings. The lowest BCUT2D eigenvalue weighted by Gasteiger charge is -2.24. The minimum Gasteiger partial charge on any atom is -0.345 e. The third-order valence-corrected chi connectivity index (χ3v) is 5.83. The highest BCUT2D eigenvalue weighted by Crippen LogP contribution is 2.37. The molecule has 0 bridgehead atoms. The summed E-state index contributed by atoms with van der Waals surface area (Å²) in [5.41, 5.74) is 1.82. The van der Waals surface area contributed by atoms with Gasteiger partial charge in [-0.3, -0.25) is 0 Å². The van der Waals surface area contributed by atoms with Gasteiger partial charge in [0, 0.05) is 18.4 Å². The average molecular weight is 480 g/mol. The van der Waals surface area contributed by atoms with Crippen molar-refractivity contribution >= 4 is 11.4 Å². The van der Waals surface area contributed by atoms with Gasteiger partial charge in [-0.1, -0.05) is 45.0 Å². The van der Waals surface area contributed by atoms with Crippen LogP contribution in [0.5, 0.6) is 0 Å². The zero-order chi connectivity index (χ0) is 25.3. The summed E-state index contributed by atoms with van der Waals surface area (Å²) in [7, 11) is 1.68. The lowest BCUT2D eigenvalue weighted by atomic mass is 9.89. The minimum absolute atomic E-state index is 0.156. The van der Waals surface area contributed by atoms with Crippen LogP contribution < -0.4 is 4.90 Å². The SMILES string of the molecule is CC(C)CC(C)c1cc(-c2ccc(C(F)(F)F)cc2)cc(N(C)c2cccc(C(F)(F)F)c2)c1. The van der Waals surface area contributed by atoms with Gasteiger partial charge in [0.15, 0.2) is 0 Å². The summed E-state index contributed by atoms with van der Waals surface area (Å²) in [4.78, 5) is 1.66. The summed E-state index contributed by atoms with van der Waals surface area (Å²) in [6.45, 7) is 6.28. The van der Waals surface area contributed by atoms with Crippen LogP contribution in [-0.2, 0) is 12.4 Å². The average Bonchev–Trinajstić information content (AvgIpc) is 2.77. The number of benzene rings is 3. The Kier molecular flexibility index (Phi) is 7.34. The summed E-state index contributed by atoms with van der Waals surface area (Å²) in [6.07, 6.45) is -8.00. The Morgan fingerprint density at radius 2 is 1.29 bits per heavy atom. The quantitative estimate of drug-likeness (QED) is 0.318. The maximum atomic E-state index is 13.2. The maximum Gasteiger partial charge on any atom is 0.416 e. The molecule has 3 rings (SSSR count). The Balaban J connectivity index is 2.08. The van der Waals surface area contributed by atoms with E-state index in [1.54, 1.807) is 24.1 Å². The smallest absolute Gasteiger partial charge is 0.345 e. The van der Waals surface area contributed by atoms with Gasteiger partial charge in [-0.2, -0.15) is 26.3 Å². The first-order valence-electron chi connectivity index (χ1n) is 11.0. The van der Waals surface area contributed by atoms with Crippen molar-refractivity contribution in [3.63, 3.8) is 0 Å². The number of anilines is 2. The highest BCUT2D eigenvalue weighted by Gasteiger charge is 2.31. The molecule has 0 saturated carbocycles. The fraction of sp³-hybridized carbons (Fsp3) is 0.333. The molecule has 0 aliphatic heterocycles. The van der Waals surface area contributed by atoms with Gasteiger partial charge in [-0.15, -0.1) is 0 Å². The summed E-state index contributed by atoms with van der Waals surface area (Å²) >= 11 is 0. The molecule has 182 valence electrons. The van der Waals surface area contributed by atoms with Crippen molar-refractivity contribution in [2.45, 2.75) is 45.5 Å². The second-order valence-electron chi connectivity index (χ2n) is 9.03. The number of rotatable bonds is 6. The first kappa shape index (κ1) is 25.7. The Bertz CT molecular complexity index is 1110. The molecule has 0 fully saturated rings. The van der Waals surface area contributed by atoms with Crippen molar-refractivity contribution in [3.8, 4) is 11.1 Å². The van der Waals surface area contributed by atoms with Crippen LogP contribution in [0.3, 0.4) is 0 Å². The van der Waals surface area contributed by atoms with Crippen LogP contribution in [-0.4, -0.2) is 7.05 Å². The molecule has 0 radical (unpaired) electrons. The third kappa shape index (κ3) is 6.13. The highest BCUT2D eigenvalue weighted by atomic mass is 19.4. The summed E-state index contributed by atoms with van der Waals surface area (Å²) in [5.74, 6) is 0.581. The Morgan fingerprint density at radius 3 is 1.85 bits per heavy atom. The Hall–Kier alpha value is -2.96. The maximum absolute atomic E-state index is 13.2. The van der Waals surface area contributed by atoms with Crippen LogP contribution in [0.2, 0.25) is 0 Å². The van der Waals surface area contributed by atoms with Gasteiger partial charge in [0.05, 0.1) is 11.1 Å². The van der Waals surface area contributed by atoms with Crippen LogP contribution in [0.25, 0.3) is 11.1 Å². The zero-order valence-electron chi connectivity index (χ0n) is 19.4. The molecule has 1 nitrogen and oxygen atoms in total. The molecule has 0 aromatic heterocycles. The van der Waals surface area contributed by atoms with E-state index in [-0.39, 0.29) is 5.92 Å². The van der Waals surface area contributed by atoms with Crippen molar-refractivity contribution < 1.29 is 26.3 Å². The molecule has 0 N–H and O–H groups in total. The van der Waals surface area contributed by atoms with Gasteiger partial charge in [-0.25, -0.2) is 0 Å². The summed E-state index contributed by atoms with van der Waals surface area (Å²) in [6, 6.07) is 15.6. The monoisotopic (exact) mass is 479 g/mol. The first-order chi connectivity index (χ1) is 15.8. The lowest BCUT2D eigenvalue weighted by Crippen LogP contribution is -2.13. The van der Waals surface area contributed by atoms with Crippen LogP contribution in [0.1, 0.15) is 49.8 Å². The van der Waals surface area contributed by atoms with E-state index in [1.165, 1.54) is 18.2 Å². The van der Waals surface area contributed by atoms with E-state index in [1.807, 2.05) is 12.1 Å². The summed E-state index contributed by atoms with van der Waals surface area (Å²) in [5, 5.41) is 0. The molecule has 0 heterocycles. The standard InChI is InChI=1S/C27H27F6N/c1-17(2)12-18(3)20-13-21(19-8-10-22(11-9-19)26(28,29)30)15-25(14-20)34(4)24-7-5-6-23(16-24)27(31,32)33/h5-11,13-18H,12H2,1-4H3. The largest absolute Gasteiger partial charge is 0.416 e. The van der Waals surface area contributed by atoms with Crippen LogP contribution >= 0.6 is 0 Å². The molecule has 0 saturated heterocycles. The van der Waals surface area contributed by atoms with Gasteiger partial charge in [0.1, 0.15) is 0 Å². The van der Waals surface area contributed by atoms with Crippen LogP contribution in [0, 0.1) is 5.92 Å². The van der Waals surface area contributed by atoms with E-state index in [0.717, 1.165) is 36.2 Å². The molecule has 1 atom stereocenters. The van der Waals surface area contributed by atoms with E-state index in [9.17, 15) is 26.3 Å². The lowest BCUT2D eigenvalue weighted by molar-refractivity contribution is -0.138. The van der Waals surface area contributed by atoms with E-state index in [2.05, 4.69) is 20.8 Å². The van der Waals surface area contributed by atoms with Gasteiger partial charge in [0.25, 0.3) is 0 Å².